The molecule has 0 radical (unpaired) electrons. The first-order valence-electron chi connectivity index (χ1n) is 7.47. The third-order valence-corrected chi connectivity index (χ3v) is 5.27. The van der Waals surface area contributed by atoms with Crippen molar-refractivity contribution >= 4 is 10.0 Å². The first-order valence-corrected chi connectivity index (χ1v) is 9.02. The van der Waals surface area contributed by atoms with Gasteiger partial charge in [-0.3, -0.25) is 0 Å². The first kappa shape index (κ1) is 16.1. The fourth-order valence-corrected chi connectivity index (χ4v) is 3.43. The summed E-state index contributed by atoms with van der Waals surface area (Å²) in [7, 11) is -3.69. The zero-order valence-electron chi connectivity index (χ0n) is 12.8. The number of primary sulfonamides is 1. The van der Waals surface area contributed by atoms with Gasteiger partial charge in [-0.1, -0.05) is 30.3 Å². The van der Waals surface area contributed by atoms with Crippen molar-refractivity contribution in [3.63, 3.8) is 0 Å². The van der Waals surface area contributed by atoms with Gasteiger partial charge in [0.15, 0.2) is 0 Å². The van der Waals surface area contributed by atoms with Crippen molar-refractivity contribution in [3.05, 3.63) is 65.5 Å². The van der Waals surface area contributed by atoms with E-state index in [2.05, 4.69) is 5.32 Å². The van der Waals surface area contributed by atoms with Gasteiger partial charge in [0.2, 0.25) is 10.0 Å². The fraction of sp³-hybridized carbons (Fsp3) is 0.294. The Hall–Kier alpha value is -1.76. The first-order chi connectivity index (χ1) is 10.8. The second-order valence-electron chi connectivity index (χ2n) is 6.04. The Morgan fingerprint density at radius 3 is 2.26 bits per heavy atom. The van der Waals surface area contributed by atoms with Gasteiger partial charge >= 0.3 is 0 Å². The maximum absolute atomic E-state index is 14.0. The Morgan fingerprint density at radius 1 is 1.13 bits per heavy atom. The van der Waals surface area contributed by atoms with Crippen LogP contribution in [0, 0.1) is 5.82 Å². The molecule has 2 aromatic carbocycles. The number of nitrogens with two attached hydrogens (primary N) is 1. The summed E-state index contributed by atoms with van der Waals surface area (Å²) in [4.78, 5) is 0.0867. The van der Waals surface area contributed by atoms with E-state index in [-0.39, 0.29) is 22.3 Å². The largest absolute Gasteiger partial charge is 0.301 e. The minimum atomic E-state index is -3.69. The van der Waals surface area contributed by atoms with Crippen LogP contribution in [0.1, 0.15) is 36.9 Å². The lowest BCUT2D eigenvalue weighted by atomic mass is 10.0. The van der Waals surface area contributed by atoms with Crippen LogP contribution >= 0.6 is 0 Å². The van der Waals surface area contributed by atoms with Gasteiger partial charge < -0.3 is 5.32 Å². The summed E-state index contributed by atoms with van der Waals surface area (Å²) in [6.07, 6.45) is 1.76. The highest BCUT2D eigenvalue weighted by Gasteiger charge is 2.46. The number of benzene rings is 2. The molecule has 0 heterocycles. The monoisotopic (exact) mass is 334 g/mol. The highest BCUT2D eigenvalue weighted by atomic mass is 32.2. The van der Waals surface area contributed by atoms with Gasteiger partial charge in [-0.15, -0.1) is 0 Å². The third kappa shape index (κ3) is 3.29. The van der Waals surface area contributed by atoms with Crippen molar-refractivity contribution in [2.45, 2.75) is 36.2 Å². The molecule has 4 nitrogen and oxygen atoms in total. The lowest BCUT2D eigenvalue weighted by Gasteiger charge is -2.24. The molecule has 1 fully saturated rings. The molecule has 0 aromatic heterocycles. The highest BCUT2D eigenvalue weighted by molar-refractivity contribution is 7.89. The second kappa shape index (κ2) is 5.70. The van der Waals surface area contributed by atoms with Crippen LogP contribution < -0.4 is 10.5 Å². The molecular weight excluding hydrogens is 315 g/mol. The quantitative estimate of drug-likeness (QED) is 0.883. The van der Waals surface area contributed by atoms with Gasteiger partial charge in [-0.2, -0.15) is 0 Å². The van der Waals surface area contributed by atoms with Crippen molar-refractivity contribution in [1.29, 1.82) is 0 Å². The third-order valence-electron chi connectivity index (χ3n) is 4.34. The van der Waals surface area contributed by atoms with Crippen LogP contribution in [0.15, 0.2) is 53.4 Å². The van der Waals surface area contributed by atoms with Crippen LogP contribution in [0.2, 0.25) is 0 Å². The highest BCUT2D eigenvalue weighted by Crippen LogP contribution is 2.47. The molecule has 3 N–H and O–H groups in total. The van der Waals surface area contributed by atoms with E-state index in [0.29, 0.717) is 5.56 Å². The molecule has 122 valence electrons. The molecule has 1 atom stereocenters. The molecule has 23 heavy (non-hydrogen) atoms. The minimum absolute atomic E-state index is 0.0355. The fourth-order valence-electron chi connectivity index (χ4n) is 2.91. The summed E-state index contributed by atoms with van der Waals surface area (Å²) in [5, 5.41) is 8.58. The van der Waals surface area contributed by atoms with Crippen molar-refractivity contribution in [3.8, 4) is 0 Å². The normalized spacial score (nSPS) is 17.7. The van der Waals surface area contributed by atoms with Gasteiger partial charge in [0.1, 0.15) is 5.82 Å². The molecule has 0 spiro atoms. The van der Waals surface area contributed by atoms with Gasteiger partial charge in [0.05, 0.1) is 4.90 Å². The zero-order chi connectivity index (χ0) is 16.7. The van der Waals surface area contributed by atoms with E-state index in [9.17, 15) is 12.8 Å². The predicted molar refractivity (Wildman–Crippen MR) is 86.7 cm³/mol. The molecule has 0 amide bonds. The van der Waals surface area contributed by atoms with Gasteiger partial charge in [-0.25, -0.2) is 17.9 Å². The SMILES string of the molecule is CC(NC1(c2ccccc2F)CC1)c1ccc(S(N)(=O)=O)cc1. The van der Waals surface area contributed by atoms with Crippen LogP contribution in [0.3, 0.4) is 0 Å². The second-order valence-corrected chi connectivity index (χ2v) is 7.60. The maximum Gasteiger partial charge on any atom is 0.238 e. The van der Waals surface area contributed by atoms with E-state index in [1.807, 2.05) is 19.1 Å². The topological polar surface area (TPSA) is 72.2 Å². The van der Waals surface area contributed by atoms with E-state index in [4.69, 9.17) is 5.14 Å². The number of hydrogen-bond acceptors (Lipinski definition) is 3. The van der Waals surface area contributed by atoms with Crippen molar-refractivity contribution in [1.82, 2.24) is 5.32 Å². The van der Waals surface area contributed by atoms with Crippen LogP contribution in [0.5, 0.6) is 0 Å². The number of hydrogen-bond donors (Lipinski definition) is 2. The Labute approximate surface area is 135 Å². The van der Waals surface area contributed by atoms with Crippen molar-refractivity contribution < 1.29 is 12.8 Å². The number of rotatable bonds is 5. The number of sulfonamides is 1. The Balaban J connectivity index is 1.80. The summed E-state index contributed by atoms with van der Waals surface area (Å²) < 4.78 is 36.6. The molecule has 1 aliphatic carbocycles. The molecule has 0 aliphatic heterocycles. The summed E-state index contributed by atoms with van der Waals surface area (Å²) in [5.41, 5.74) is 1.29. The lowest BCUT2D eigenvalue weighted by molar-refractivity contribution is 0.432. The molecule has 1 aliphatic rings. The molecular formula is C17H19FN2O2S. The van der Waals surface area contributed by atoms with Crippen LogP contribution in [-0.4, -0.2) is 8.42 Å². The summed E-state index contributed by atoms with van der Waals surface area (Å²) in [6, 6.07) is 13.2. The van der Waals surface area contributed by atoms with E-state index < -0.39 is 10.0 Å². The van der Waals surface area contributed by atoms with Gasteiger partial charge in [-0.05, 0) is 43.5 Å². The molecule has 1 unspecified atom stereocenters. The van der Waals surface area contributed by atoms with Crippen molar-refractivity contribution in [2.75, 3.05) is 0 Å². The smallest absolute Gasteiger partial charge is 0.238 e. The number of nitrogens with one attached hydrogen (secondary N) is 1. The molecule has 2 aromatic rings. The standard InChI is InChI=1S/C17H19FN2O2S/c1-12(13-6-8-14(9-7-13)23(19,21)22)20-17(10-11-17)15-4-2-3-5-16(15)18/h2-9,12,20H,10-11H2,1H3,(H2,19,21,22). The average molecular weight is 334 g/mol. The Bertz CT molecular complexity index is 815. The van der Waals surface area contributed by atoms with E-state index >= 15 is 0 Å². The molecule has 0 bridgehead atoms. The number of halogens is 1. The van der Waals surface area contributed by atoms with E-state index in [1.165, 1.54) is 18.2 Å². The van der Waals surface area contributed by atoms with Crippen molar-refractivity contribution in [2.24, 2.45) is 5.14 Å². The van der Waals surface area contributed by atoms with Crippen LogP contribution in [0.25, 0.3) is 0 Å². The molecule has 0 saturated heterocycles. The van der Waals surface area contributed by atoms with E-state index in [0.717, 1.165) is 18.4 Å². The average Bonchev–Trinajstić information content (AvgIpc) is 3.27. The lowest BCUT2D eigenvalue weighted by Crippen LogP contribution is -2.32. The maximum atomic E-state index is 14.0. The van der Waals surface area contributed by atoms with Crippen LogP contribution in [0.4, 0.5) is 4.39 Å². The molecule has 1 saturated carbocycles. The van der Waals surface area contributed by atoms with Gasteiger partial charge in [0, 0.05) is 17.1 Å². The molecule has 6 heteroatoms. The van der Waals surface area contributed by atoms with E-state index in [1.54, 1.807) is 18.2 Å². The van der Waals surface area contributed by atoms with Gasteiger partial charge in [0.25, 0.3) is 0 Å². The summed E-state index contributed by atoms with van der Waals surface area (Å²) in [6.45, 7) is 1.98. The minimum Gasteiger partial charge on any atom is -0.301 e. The zero-order valence-corrected chi connectivity index (χ0v) is 13.6. The summed E-state index contributed by atoms with van der Waals surface area (Å²) in [5.74, 6) is -0.200. The summed E-state index contributed by atoms with van der Waals surface area (Å²) >= 11 is 0. The Morgan fingerprint density at radius 2 is 1.74 bits per heavy atom. The Kier molecular flexibility index (Phi) is 4.00. The molecule has 3 rings (SSSR count). The predicted octanol–water partition coefficient (Wildman–Crippen LogP) is 2.81. The van der Waals surface area contributed by atoms with Crippen LogP contribution in [-0.2, 0) is 15.6 Å².